The van der Waals surface area contributed by atoms with Gasteiger partial charge in [0.05, 0.1) is 18.6 Å². The zero-order valence-corrected chi connectivity index (χ0v) is 23.6. The molecule has 0 saturated carbocycles. The Morgan fingerprint density at radius 1 is 0.949 bits per heavy atom. The summed E-state index contributed by atoms with van der Waals surface area (Å²) in [6.07, 6.45) is 8.60. The summed E-state index contributed by atoms with van der Waals surface area (Å²) < 4.78 is 9.66. The molecule has 1 aromatic heterocycles. The molecule has 0 aliphatic carbocycles. The summed E-state index contributed by atoms with van der Waals surface area (Å²) in [5, 5.41) is 3.44. The molecule has 0 fully saturated rings. The van der Waals surface area contributed by atoms with Gasteiger partial charge in [-0.1, -0.05) is 30.3 Å². The third kappa shape index (κ3) is 6.04. The van der Waals surface area contributed by atoms with Gasteiger partial charge in [0.15, 0.2) is 11.5 Å². The maximum Gasteiger partial charge on any atom is 0.338 e. The number of fused-ring (bicyclic) bond motifs is 2. The van der Waals surface area contributed by atoms with Gasteiger partial charge in [0.25, 0.3) is 0 Å². The quantitative estimate of drug-likeness (QED) is 0.201. The number of aromatic nitrogens is 1. The van der Waals surface area contributed by atoms with Crippen molar-refractivity contribution in [1.82, 2.24) is 4.58 Å². The monoisotopic (exact) mass is 520 g/mol. The molecule has 1 aliphatic rings. The van der Waals surface area contributed by atoms with Crippen LogP contribution in [0.15, 0.2) is 101 Å². The van der Waals surface area contributed by atoms with Crippen molar-refractivity contribution < 1.29 is 18.9 Å². The molecule has 0 amide bonds. The molecule has 2 heterocycles. The van der Waals surface area contributed by atoms with Crippen LogP contribution in [-0.4, -0.2) is 25.4 Å². The molecule has 0 radical (unpaired) electrons. The molecule has 0 N–H and O–H groups in total. The number of allylic oxidation sites excluding steroid dienone is 5. The van der Waals surface area contributed by atoms with E-state index in [-0.39, 0.29) is 12.4 Å². The number of Topliss-reactive ketones (excluding diaryl/α,β-unsaturated/α-hetero) is 1. The lowest BCUT2D eigenvalue weighted by Gasteiger charge is -2.11. The van der Waals surface area contributed by atoms with Gasteiger partial charge in [-0.15, -0.1) is 0 Å². The number of ether oxygens (including phenoxy) is 1. The second-order valence-corrected chi connectivity index (χ2v) is 9.80. The number of carbonyl (C=O) groups excluding carboxylic acids is 2. The third-order valence-electron chi connectivity index (χ3n) is 7.14. The van der Waals surface area contributed by atoms with Crippen molar-refractivity contribution in [2.45, 2.75) is 34.1 Å². The van der Waals surface area contributed by atoms with Gasteiger partial charge in [-0.2, -0.15) is 9.14 Å². The smallest absolute Gasteiger partial charge is 0.338 e. The average Bonchev–Trinajstić information content (AvgIpc) is 2.92. The van der Waals surface area contributed by atoms with E-state index < -0.39 is 5.97 Å². The Bertz CT molecular complexity index is 1720. The summed E-state index contributed by atoms with van der Waals surface area (Å²) in [4.78, 5) is 26.0. The largest absolute Gasteiger partial charge is 0.462 e. The first-order chi connectivity index (χ1) is 18.7. The Morgan fingerprint density at radius 2 is 1.67 bits per heavy atom. The topological polar surface area (TPSA) is 50.3 Å². The number of ketones is 1. The van der Waals surface area contributed by atoms with E-state index in [9.17, 15) is 9.59 Å². The lowest BCUT2D eigenvalue weighted by molar-refractivity contribution is -0.646. The zero-order valence-electron chi connectivity index (χ0n) is 23.6. The fraction of sp³-hybridized carbons (Fsp3) is 0.235. The number of hydrogen-bond donors (Lipinski definition) is 0. The molecule has 1 aliphatic heterocycles. The van der Waals surface area contributed by atoms with Crippen LogP contribution in [0, 0.1) is 0 Å². The first-order valence-electron chi connectivity index (χ1n) is 13.2. The van der Waals surface area contributed by atoms with E-state index in [2.05, 4.69) is 45.6 Å². The van der Waals surface area contributed by atoms with Crippen molar-refractivity contribution in [3.05, 3.63) is 117 Å². The van der Waals surface area contributed by atoms with Crippen LogP contribution in [0.5, 0.6) is 0 Å². The highest BCUT2D eigenvalue weighted by Gasteiger charge is 2.19. The van der Waals surface area contributed by atoms with E-state index in [1.165, 1.54) is 12.1 Å². The van der Waals surface area contributed by atoms with Crippen molar-refractivity contribution in [2.75, 3.05) is 13.7 Å². The molecule has 3 aromatic rings. The number of rotatable bonds is 7. The third-order valence-corrected chi connectivity index (χ3v) is 7.14. The highest BCUT2D eigenvalue weighted by molar-refractivity contribution is 6.02. The predicted molar refractivity (Wildman–Crippen MR) is 157 cm³/mol. The molecule has 0 spiro atoms. The molecule has 5 heteroatoms. The molecule has 0 bridgehead atoms. The van der Waals surface area contributed by atoms with E-state index in [0.717, 1.165) is 45.2 Å². The molecule has 5 nitrogen and oxygen atoms in total. The molecular formula is C34H36N2O3+2. The maximum atomic E-state index is 13.1. The van der Waals surface area contributed by atoms with Gasteiger partial charge in [0.2, 0.25) is 16.6 Å². The minimum Gasteiger partial charge on any atom is -0.462 e. The lowest BCUT2D eigenvalue weighted by Crippen LogP contribution is -2.40. The van der Waals surface area contributed by atoms with Gasteiger partial charge in [-0.3, -0.25) is 4.79 Å². The van der Waals surface area contributed by atoms with Crippen molar-refractivity contribution in [3.63, 3.8) is 0 Å². The first-order valence-corrected chi connectivity index (χ1v) is 13.2. The average molecular weight is 521 g/mol. The molecule has 0 unspecified atom stereocenters. The van der Waals surface area contributed by atoms with Crippen LogP contribution in [0.4, 0.5) is 0 Å². The van der Waals surface area contributed by atoms with E-state index in [0.29, 0.717) is 11.1 Å². The second-order valence-electron chi connectivity index (χ2n) is 9.80. The van der Waals surface area contributed by atoms with Crippen LogP contribution < -0.4 is 19.7 Å². The number of aryl methyl sites for hydroxylation is 1. The van der Waals surface area contributed by atoms with Gasteiger partial charge in [-0.25, -0.2) is 4.79 Å². The zero-order chi connectivity index (χ0) is 28.1. The van der Waals surface area contributed by atoms with Crippen LogP contribution in [-0.2, 0) is 21.4 Å². The van der Waals surface area contributed by atoms with E-state index >= 15 is 0 Å². The lowest BCUT2D eigenvalue weighted by atomic mass is 9.97. The van der Waals surface area contributed by atoms with E-state index in [4.69, 9.17) is 4.74 Å². The minimum absolute atomic E-state index is 0.119. The highest BCUT2D eigenvalue weighted by Crippen LogP contribution is 2.22. The number of esters is 1. The molecule has 39 heavy (non-hydrogen) atoms. The number of benzene rings is 2. The Balaban J connectivity index is 1.83. The number of carbonyl (C=O) groups is 2. The number of nitrogens with zero attached hydrogens (tertiary/aromatic N) is 2. The Morgan fingerprint density at radius 3 is 2.41 bits per heavy atom. The summed E-state index contributed by atoms with van der Waals surface area (Å²) in [6.45, 7) is 7.35. The number of para-hydroxylation sites is 2. The van der Waals surface area contributed by atoms with Gasteiger partial charge in [-0.05, 0) is 63.1 Å². The SMILES string of the molecule is CCOC(=O)C(/C=C(C(C)=O)\C(C)=C\c1ccc2ccccc2[n+]1C)=C(C)/C=C1\CC=c2ccccc2=[N+]1C. The normalized spacial score (nSPS) is 15.5. The standard InChI is InChI=1S/C34H36N2O3/c1-7-39-34(38)31(24(3)21-29-19-17-27-13-9-11-15-33(27)36(29)6)22-30(25(4)37)23(2)20-28-18-16-26-12-8-10-14-32(26)35(28)5/h8-18,20-22H,7,19H2,1-6H3/q+2/b23-20+,29-21+,30-22+,31-24+. The van der Waals surface area contributed by atoms with Crippen molar-refractivity contribution >= 4 is 34.8 Å². The minimum atomic E-state index is -0.447. The van der Waals surface area contributed by atoms with Gasteiger partial charge in [0.1, 0.15) is 14.1 Å². The Hall–Kier alpha value is -4.38. The van der Waals surface area contributed by atoms with Crippen LogP contribution in [0.1, 0.15) is 39.8 Å². The summed E-state index contributed by atoms with van der Waals surface area (Å²) >= 11 is 0. The Labute approximate surface area is 230 Å². The van der Waals surface area contributed by atoms with Crippen LogP contribution in [0.2, 0.25) is 0 Å². The van der Waals surface area contributed by atoms with Crippen LogP contribution in [0.3, 0.4) is 0 Å². The molecule has 4 rings (SSSR count). The van der Waals surface area contributed by atoms with Gasteiger partial charge >= 0.3 is 5.97 Å². The van der Waals surface area contributed by atoms with E-state index in [1.54, 1.807) is 13.0 Å². The summed E-state index contributed by atoms with van der Waals surface area (Å²) in [6, 6.07) is 20.5. The van der Waals surface area contributed by atoms with E-state index in [1.807, 2.05) is 70.4 Å². The van der Waals surface area contributed by atoms with Crippen LogP contribution >= 0.6 is 0 Å². The predicted octanol–water partition coefficient (Wildman–Crippen LogP) is 4.35. The van der Waals surface area contributed by atoms with Crippen LogP contribution in [0.25, 0.3) is 23.1 Å². The summed E-state index contributed by atoms with van der Waals surface area (Å²) in [7, 11) is 4.04. The molecular weight excluding hydrogens is 484 g/mol. The van der Waals surface area contributed by atoms with Crippen molar-refractivity contribution in [2.24, 2.45) is 7.05 Å². The second kappa shape index (κ2) is 12.0. The van der Waals surface area contributed by atoms with Crippen molar-refractivity contribution in [3.8, 4) is 0 Å². The van der Waals surface area contributed by atoms with Crippen molar-refractivity contribution in [1.29, 1.82) is 0 Å². The summed E-state index contributed by atoms with van der Waals surface area (Å²) in [5.41, 5.74) is 5.46. The fourth-order valence-corrected chi connectivity index (χ4v) is 4.94. The number of hydrogen-bond acceptors (Lipinski definition) is 3. The first kappa shape index (κ1) is 27.6. The molecule has 0 atom stereocenters. The molecule has 2 aromatic carbocycles. The molecule has 198 valence electrons. The summed E-state index contributed by atoms with van der Waals surface area (Å²) in [5.74, 6) is -0.566. The number of pyridine rings is 1. The van der Waals surface area contributed by atoms with Gasteiger partial charge < -0.3 is 4.74 Å². The fourth-order valence-electron chi connectivity index (χ4n) is 4.94. The maximum absolute atomic E-state index is 13.1. The highest BCUT2D eigenvalue weighted by atomic mass is 16.5. The van der Waals surface area contributed by atoms with Gasteiger partial charge in [0, 0.05) is 46.5 Å². The Kier molecular flexibility index (Phi) is 8.50. The molecule has 0 saturated heterocycles.